The van der Waals surface area contributed by atoms with Gasteiger partial charge in [0.05, 0.1) is 17.1 Å². The zero-order valence-corrected chi connectivity index (χ0v) is 17.9. The number of rotatable bonds is 4. The Bertz CT molecular complexity index is 971. The van der Waals surface area contributed by atoms with E-state index in [2.05, 4.69) is 36.8 Å². The van der Waals surface area contributed by atoms with Crippen molar-refractivity contribution in [1.29, 1.82) is 0 Å². The molecule has 2 aromatic carbocycles. The highest BCUT2D eigenvalue weighted by atomic mass is 79.9. The number of hydrazone groups is 1. The third-order valence-electron chi connectivity index (χ3n) is 4.14. The standard InChI is InChI=1S/C19H17BrF3N5S/c1-12-13(2)29-11-28(12)27-26-18(14-6-8-16(20)9-7-14)25-24-17-5-3-4-15(10-17)19(21,22)23/h3-10,27H,11H2,1-2H3/b25-24?,26-18+. The fraction of sp³-hybridized carbons (Fsp3) is 0.211. The van der Waals surface area contributed by atoms with Crippen LogP contribution in [0.4, 0.5) is 18.9 Å². The monoisotopic (exact) mass is 483 g/mol. The van der Waals surface area contributed by atoms with Crippen molar-refractivity contribution in [3.63, 3.8) is 0 Å². The van der Waals surface area contributed by atoms with Crippen LogP contribution in [-0.4, -0.2) is 16.7 Å². The molecule has 1 heterocycles. The Balaban J connectivity index is 1.88. The summed E-state index contributed by atoms with van der Waals surface area (Å²) in [5.74, 6) is 0.941. The van der Waals surface area contributed by atoms with Crippen LogP contribution in [0.3, 0.4) is 0 Å². The third kappa shape index (κ3) is 5.60. The van der Waals surface area contributed by atoms with Crippen LogP contribution < -0.4 is 5.53 Å². The predicted molar refractivity (Wildman–Crippen MR) is 112 cm³/mol. The van der Waals surface area contributed by atoms with Gasteiger partial charge in [0.15, 0.2) is 0 Å². The molecule has 1 aliphatic heterocycles. The van der Waals surface area contributed by atoms with Crippen molar-refractivity contribution in [3.8, 4) is 0 Å². The molecule has 2 aromatic rings. The molecule has 10 heteroatoms. The van der Waals surface area contributed by atoms with E-state index in [1.54, 1.807) is 23.9 Å². The molecule has 0 amide bonds. The van der Waals surface area contributed by atoms with Gasteiger partial charge in [-0.25, -0.2) is 5.53 Å². The third-order valence-corrected chi connectivity index (χ3v) is 5.78. The van der Waals surface area contributed by atoms with Crippen molar-refractivity contribution < 1.29 is 13.2 Å². The molecule has 0 fully saturated rings. The number of halogens is 4. The number of amidine groups is 1. The average molecular weight is 484 g/mol. The molecule has 1 aliphatic rings. The molecule has 3 rings (SSSR count). The Labute approximate surface area is 178 Å². The second kappa shape index (κ2) is 9.00. The number of hydrogen-bond acceptors (Lipinski definition) is 5. The van der Waals surface area contributed by atoms with E-state index in [1.807, 2.05) is 31.0 Å². The Kier molecular flexibility index (Phi) is 6.63. The number of nitrogens with zero attached hydrogens (tertiary/aromatic N) is 4. The van der Waals surface area contributed by atoms with E-state index in [0.717, 1.165) is 22.3 Å². The van der Waals surface area contributed by atoms with Crippen molar-refractivity contribution in [1.82, 2.24) is 10.5 Å². The summed E-state index contributed by atoms with van der Waals surface area (Å²) in [6.45, 7) is 4.00. The lowest BCUT2D eigenvalue weighted by molar-refractivity contribution is -0.137. The van der Waals surface area contributed by atoms with Crippen molar-refractivity contribution in [2.24, 2.45) is 15.3 Å². The van der Waals surface area contributed by atoms with Gasteiger partial charge >= 0.3 is 6.18 Å². The maximum atomic E-state index is 12.9. The number of allylic oxidation sites excluding steroid dienone is 2. The van der Waals surface area contributed by atoms with Gasteiger partial charge in [-0.15, -0.1) is 27.1 Å². The lowest BCUT2D eigenvalue weighted by atomic mass is 10.2. The molecule has 0 bridgehead atoms. The molecule has 0 radical (unpaired) electrons. The second-order valence-corrected chi connectivity index (χ2v) is 8.21. The number of nitrogens with one attached hydrogen (secondary N) is 1. The molecule has 152 valence electrons. The molecular weight excluding hydrogens is 467 g/mol. The molecule has 5 nitrogen and oxygen atoms in total. The smallest absolute Gasteiger partial charge is 0.265 e. The number of thioether (sulfide) groups is 1. The topological polar surface area (TPSA) is 52.3 Å². The number of alkyl halides is 3. The van der Waals surface area contributed by atoms with Gasteiger partial charge < -0.3 is 0 Å². The average Bonchev–Trinajstić information content (AvgIpc) is 3.01. The lowest BCUT2D eigenvalue weighted by Gasteiger charge is -2.17. The first-order valence-electron chi connectivity index (χ1n) is 8.50. The molecule has 0 aromatic heterocycles. The van der Waals surface area contributed by atoms with Gasteiger partial charge in [0, 0.05) is 20.6 Å². The van der Waals surface area contributed by atoms with E-state index in [1.165, 1.54) is 17.0 Å². The minimum Gasteiger partial charge on any atom is -0.265 e. The van der Waals surface area contributed by atoms with E-state index >= 15 is 0 Å². The maximum Gasteiger partial charge on any atom is 0.416 e. The molecule has 1 N–H and O–H groups in total. The van der Waals surface area contributed by atoms with Gasteiger partial charge in [0.1, 0.15) is 0 Å². The second-order valence-electron chi connectivity index (χ2n) is 6.13. The number of benzene rings is 2. The van der Waals surface area contributed by atoms with Gasteiger partial charge in [-0.2, -0.15) is 13.2 Å². The first-order chi connectivity index (χ1) is 13.7. The number of hydrogen-bond donors (Lipinski definition) is 1. The molecule has 0 aliphatic carbocycles. The van der Waals surface area contributed by atoms with Crippen LogP contribution in [0.25, 0.3) is 0 Å². The number of azo groups is 1. The summed E-state index contributed by atoms with van der Waals surface area (Å²) in [5, 5.41) is 14.3. The van der Waals surface area contributed by atoms with Crippen LogP contribution in [0.5, 0.6) is 0 Å². The van der Waals surface area contributed by atoms with Crippen LogP contribution in [0.2, 0.25) is 0 Å². The summed E-state index contributed by atoms with van der Waals surface area (Å²) in [6.07, 6.45) is -4.44. The van der Waals surface area contributed by atoms with Gasteiger partial charge in [-0.05, 0) is 56.3 Å². The zero-order chi connectivity index (χ0) is 21.0. The molecule has 0 saturated heterocycles. The lowest BCUT2D eigenvalue weighted by Crippen LogP contribution is -2.30. The highest BCUT2D eigenvalue weighted by Gasteiger charge is 2.30. The van der Waals surface area contributed by atoms with Crippen LogP contribution in [-0.2, 0) is 6.18 Å². The summed E-state index contributed by atoms with van der Waals surface area (Å²) in [7, 11) is 0. The zero-order valence-electron chi connectivity index (χ0n) is 15.5. The van der Waals surface area contributed by atoms with Crippen molar-refractivity contribution >= 4 is 39.2 Å². The van der Waals surface area contributed by atoms with Gasteiger partial charge in [-0.1, -0.05) is 22.0 Å². The molecule has 0 unspecified atom stereocenters. The maximum absolute atomic E-state index is 12.9. The van der Waals surface area contributed by atoms with Crippen LogP contribution >= 0.6 is 27.7 Å². The Morgan fingerprint density at radius 3 is 2.48 bits per heavy atom. The van der Waals surface area contributed by atoms with Crippen molar-refractivity contribution in [2.75, 3.05) is 5.88 Å². The minimum absolute atomic E-state index is 0.0910. The summed E-state index contributed by atoms with van der Waals surface area (Å²) in [6, 6.07) is 11.9. The largest absolute Gasteiger partial charge is 0.416 e. The fourth-order valence-corrected chi connectivity index (χ4v) is 3.51. The van der Waals surface area contributed by atoms with Gasteiger partial charge in [-0.3, -0.25) is 5.01 Å². The first-order valence-corrected chi connectivity index (χ1v) is 10.3. The summed E-state index contributed by atoms with van der Waals surface area (Å²) < 4.78 is 39.6. The number of hydrazine groups is 1. The van der Waals surface area contributed by atoms with Crippen LogP contribution in [0.1, 0.15) is 25.0 Å². The van der Waals surface area contributed by atoms with Crippen LogP contribution in [0, 0.1) is 0 Å². The van der Waals surface area contributed by atoms with E-state index in [4.69, 9.17) is 0 Å². The molecule has 29 heavy (non-hydrogen) atoms. The Hall–Kier alpha value is -2.33. The molecular formula is C19H17BrF3N5S. The van der Waals surface area contributed by atoms with Crippen molar-refractivity contribution in [2.45, 2.75) is 20.0 Å². The highest BCUT2D eigenvalue weighted by Crippen LogP contribution is 2.32. The summed E-state index contributed by atoms with van der Waals surface area (Å²) in [5.41, 5.74) is 3.97. The Morgan fingerprint density at radius 2 is 1.86 bits per heavy atom. The normalized spacial score (nSPS) is 15.5. The molecule has 0 spiro atoms. The van der Waals surface area contributed by atoms with Gasteiger partial charge in [0.25, 0.3) is 0 Å². The summed E-state index contributed by atoms with van der Waals surface area (Å²) in [4.78, 5) is 1.18. The van der Waals surface area contributed by atoms with Gasteiger partial charge in [0.2, 0.25) is 5.84 Å². The van der Waals surface area contributed by atoms with E-state index in [9.17, 15) is 13.2 Å². The van der Waals surface area contributed by atoms with E-state index in [-0.39, 0.29) is 11.5 Å². The first kappa shape index (κ1) is 21.4. The van der Waals surface area contributed by atoms with Crippen molar-refractivity contribution in [3.05, 3.63) is 74.7 Å². The fourth-order valence-electron chi connectivity index (χ4n) is 2.36. The molecule has 0 saturated carbocycles. The minimum atomic E-state index is -4.44. The highest BCUT2D eigenvalue weighted by molar-refractivity contribution is 9.10. The SMILES string of the molecule is CC1=C(C)N(N/N=C(/N=Nc2cccc(C(F)(F)F)c2)c2ccc(Br)cc2)CS1. The van der Waals surface area contributed by atoms with E-state index in [0.29, 0.717) is 11.4 Å². The van der Waals surface area contributed by atoms with Crippen LogP contribution in [0.15, 0.2) is 78.9 Å². The summed E-state index contributed by atoms with van der Waals surface area (Å²) >= 11 is 5.05. The quantitative estimate of drug-likeness (QED) is 0.228. The molecule has 0 atom stereocenters. The predicted octanol–water partition coefficient (Wildman–Crippen LogP) is 6.68. The van der Waals surface area contributed by atoms with E-state index < -0.39 is 11.7 Å². The Morgan fingerprint density at radius 1 is 1.14 bits per heavy atom.